The number of hydrogen-bond donors (Lipinski definition) is 2. The topological polar surface area (TPSA) is 38.0 Å². The fourth-order valence-electron chi connectivity index (χ4n) is 2.11. The molecule has 0 amide bonds. The Morgan fingerprint density at radius 3 is 3.00 bits per heavy atom. The van der Waals surface area contributed by atoms with E-state index >= 15 is 0 Å². The number of hydrogen-bond acceptors (Lipinski definition) is 3. The van der Waals surface area contributed by atoms with Gasteiger partial charge in [-0.25, -0.2) is 0 Å². The summed E-state index contributed by atoms with van der Waals surface area (Å²) in [5.74, 6) is 1.77. The van der Waals surface area contributed by atoms with Crippen molar-refractivity contribution in [3.63, 3.8) is 0 Å². The molecule has 1 heterocycles. The van der Waals surface area contributed by atoms with Gasteiger partial charge in [0.2, 0.25) is 0 Å². The monoisotopic (exact) mass is 250 g/mol. The van der Waals surface area contributed by atoms with Crippen LogP contribution in [0, 0.1) is 0 Å². The van der Waals surface area contributed by atoms with Crippen molar-refractivity contribution in [2.24, 2.45) is 5.73 Å². The van der Waals surface area contributed by atoms with Crippen molar-refractivity contribution < 1.29 is 0 Å². The van der Waals surface area contributed by atoms with Crippen LogP contribution in [0.5, 0.6) is 0 Å². The maximum Gasteiger partial charge on any atom is 0.0481 e. The van der Waals surface area contributed by atoms with Crippen molar-refractivity contribution in [1.29, 1.82) is 0 Å². The molecule has 2 nitrogen and oxygen atoms in total. The lowest BCUT2D eigenvalue weighted by molar-refractivity contribution is 0.664. The van der Waals surface area contributed by atoms with Gasteiger partial charge in [-0.15, -0.1) is 11.8 Å². The number of nitrogens with one attached hydrogen (secondary N) is 1. The van der Waals surface area contributed by atoms with Gasteiger partial charge in [0.15, 0.2) is 0 Å². The number of thioether (sulfide) groups is 1. The molecule has 1 unspecified atom stereocenters. The molecule has 1 atom stereocenters. The molecule has 2 rings (SSSR count). The van der Waals surface area contributed by atoms with Crippen molar-refractivity contribution >= 4 is 17.4 Å². The van der Waals surface area contributed by atoms with Crippen LogP contribution < -0.4 is 11.1 Å². The van der Waals surface area contributed by atoms with Crippen LogP contribution in [0.1, 0.15) is 38.2 Å². The number of fused-ring (bicyclic) bond motifs is 1. The van der Waals surface area contributed by atoms with Gasteiger partial charge in [-0.05, 0) is 43.0 Å². The van der Waals surface area contributed by atoms with Crippen LogP contribution in [-0.2, 0) is 0 Å². The van der Waals surface area contributed by atoms with Crippen molar-refractivity contribution in [1.82, 2.24) is 0 Å². The Labute approximate surface area is 108 Å². The van der Waals surface area contributed by atoms with Gasteiger partial charge in [-0.1, -0.05) is 19.9 Å². The van der Waals surface area contributed by atoms with Crippen molar-refractivity contribution in [2.75, 3.05) is 17.6 Å². The smallest absolute Gasteiger partial charge is 0.0481 e. The Balaban J connectivity index is 2.06. The average molecular weight is 250 g/mol. The lowest BCUT2D eigenvalue weighted by atomic mass is 10.0. The summed E-state index contributed by atoms with van der Waals surface area (Å²) >= 11 is 1.98. The molecule has 1 aliphatic heterocycles. The molecule has 1 aliphatic rings. The van der Waals surface area contributed by atoms with E-state index in [1.165, 1.54) is 22.6 Å². The molecule has 0 saturated carbocycles. The van der Waals surface area contributed by atoms with Gasteiger partial charge in [0.05, 0.1) is 0 Å². The predicted octanol–water partition coefficient (Wildman–Crippen LogP) is 3.44. The molecule has 94 valence electrons. The molecule has 0 aliphatic carbocycles. The Morgan fingerprint density at radius 1 is 1.47 bits per heavy atom. The van der Waals surface area contributed by atoms with E-state index in [2.05, 4.69) is 37.4 Å². The third kappa shape index (κ3) is 3.17. The van der Waals surface area contributed by atoms with E-state index in [9.17, 15) is 0 Å². The summed E-state index contributed by atoms with van der Waals surface area (Å²) in [6.45, 7) is 5.28. The highest BCUT2D eigenvalue weighted by atomic mass is 32.2. The first-order chi connectivity index (χ1) is 8.20. The number of benzene rings is 1. The fraction of sp³-hybridized carbons (Fsp3) is 0.571. The van der Waals surface area contributed by atoms with Gasteiger partial charge in [0.25, 0.3) is 0 Å². The number of nitrogens with two attached hydrogens (primary N) is 1. The summed E-state index contributed by atoms with van der Waals surface area (Å²) in [4.78, 5) is 1.40. The molecule has 3 N–H and O–H groups in total. The Morgan fingerprint density at radius 2 is 2.29 bits per heavy atom. The first kappa shape index (κ1) is 12.8. The van der Waals surface area contributed by atoms with Crippen molar-refractivity contribution in [3.05, 3.63) is 23.8 Å². The molecular formula is C14H22N2S. The lowest BCUT2D eigenvalue weighted by Gasteiger charge is -2.27. The third-order valence-electron chi connectivity index (χ3n) is 3.23. The molecule has 1 aromatic carbocycles. The van der Waals surface area contributed by atoms with Crippen LogP contribution in [-0.4, -0.2) is 18.3 Å². The van der Waals surface area contributed by atoms with Gasteiger partial charge in [-0.2, -0.15) is 0 Å². The Bertz CT molecular complexity index is 376. The fourth-order valence-corrected chi connectivity index (χ4v) is 3.24. The second-order valence-corrected chi connectivity index (χ2v) is 6.06. The van der Waals surface area contributed by atoms with E-state index in [1.807, 2.05) is 11.8 Å². The minimum atomic E-state index is 0.584. The Kier molecular flexibility index (Phi) is 4.35. The lowest BCUT2D eigenvalue weighted by Crippen LogP contribution is -2.26. The first-order valence-corrected chi connectivity index (χ1v) is 7.42. The predicted molar refractivity (Wildman–Crippen MR) is 77.0 cm³/mol. The summed E-state index contributed by atoms with van der Waals surface area (Å²) in [6.07, 6.45) is 2.28. The van der Waals surface area contributed by atoms with E-state index in [4.69, 9.17) is 5.73 Å². The molecule has 3 heteroatoms. The van der Waals surface area contributed by atoms with E-state index in [1.54, 1.807) is 0 Å². The minimum Gasteiger partial charge on any atom is -0.381 e. The van der Waals surface area contributed by atoms with Crippen LogP contribution >= 0.6 is 11.8 Å². The summed E-state index contributed by atoms with van der Waals surface area (Å²) in [5.41, 5.74) is 8.29. The minimum absolute atomic E-state index is 0.584. The maximum absolute atomic E-state index is 5.56. The van der Waals surface area contributed by atoms with Crippen LogP contribution in [0.4, 0.5) is 5.69 Å². The van der Waals surface area contributed by atoms with Crippen LogP contribution in [0.2, 0.25) is 0 Å². The second-order valence-electron chi connectivity index (χ2n) is 4.99. The standard InChI is InChI=1S/C14H22N2S/c1-10(2)11-5-6-13-14(8-11)17-9-12(16-13)4-3-7-15/h5-6,8,10,12,16H,3-4,7,9,15H2,1-2H3. The molecule has 0 spiro atoms. The highest BCUT2D eigenvalue weighted by molar-refractivity contribution is 7.99. The zero-order valence-corrected chi connectivity index (χ0v) is 11.5. The second kappa shape index (κ2) is 5.78. The largest absolute Gasteiger partial charge is 0.381 e. The van der Waals surface area contributed by atoms with Gasteiger partial charge < -0.3 is 11.1 Å². The summed E-state index contributed by atoms with van der Waals surface area (Å²) in [5, 5.41) is 3.62. The van der Waals surface area contributed by atoms with Crippen molar-refractivity contribution in [2.45, 2.75) is 43.5 Å². The summed E-state index contributed by atoms with van der Waals surface area (Å²) in [7, 11) is 0. The summed E-state index contributed by atoms with van der Waals surface area (Å²) < 4.78 is 0. The van der Waals surface area contributed by atoms with Gasteiger partial charge in [0.1, 0.15) is 0 Å². The average Bonchev–Trinajstić information content (AvgIpc) is 2.35. The number of rotatable bonds is 4. The van der Waals surface area contributed by atoms with Crippen LogP contribution in [0.25, 0.3) is 0 Å². The molecule has 1 aromatic rings. The first-order valence-electron chi connectivity index (χ1n) is 6.44. The molecule has 0 bridgehead atoms. The zero-order valence-electron chi connectivity index (χ0n) is 10.7. The summed E-state index contributed by atoms with van der Waals surface area (Å²) in [6, 6.07) is 7.38. The molecule has 0 aromatic heterocycles. The maximum atomic E-state index is 5.56. The molecule has 17 heavy (non-hydrogen) atoms. The normalized spacial score (nSPS) is 18.9. The van der Waals surface area contributed by atoms with Gasteiger partial charge >= 0.3 is 0 Å². The molecule has 0 fully saturated rings. The third-order valence-corrected chi connectivity index (χ3v) is 4.45. The zero-order chi connectivity index (χ0) is 12.3. The molecular weight excluding hydrogens is 228 g/mol. The highest BCUT2D eigenvalue weighted by Gasteiger charge is 2.18. The van der Waals surface area contributed by atoms with E-state index < -0.39 is 0 Å². The van der Waals surface area contributed by atoms with Crippen LogP contribution in [0.3, 0.4) is 0 Å². The van der Waals surface area contributed by atoms with Crippen LogP contribution in [0.15, 0.2) is 23.1 Å². The van der Waals surface area contributed by atoms with Gasteiger partial charge in [-0.3, -0.25) is 0 Å². The highest BCUT2D eigenvalue weighted by Crippen LogP contribution is 2.36. The van der Waals surface area contributed by atoms with E-state index in [0.29, 0.717) is 12.0 Å². The van der Waals surface area contributed by atoms with E-state index in [-0.39, 0.29) is 0 Å². The SMILES string of the molecule is CC(C)c1ccc2c(c1)SCC(CCCN)N2. The Hall–Kier alpha value is -0.670. The molecule has 0 radical (unpaired) electrons. The number of anilines is 1. The van der Waals surface area contributed by atoms with Crippen molar-refractivity contribution in [3.8, 4) is 0 Å². The molecule has 0 saturated heterocycles. The van der Waals surface area contributed by atoms with E-state index in [0.717, 1.165) is 18.7 Å². The quantitative estimate of drug-likeness (QED) is 0.859. The van der Waals surface area contributed by atoms with Gasteiger partial charge in [0, 0.05) is 22.4 Å².